The second kappa shape index (κ2) is 10.4. The van der Waals surface area contributed by atoms with Gasteiger partial charge in [0.1, 0.15) is 11.5 Å². The molecular weight excluding hydrogens is 468 g/mol. The van der Waals surface area contributed by atoms with Crippen molar-refractivity contribution in [2.45, 2.75) is 12.1 Å². The van der Waals surface area contributed by atoms with Gasteiger partial charge < -0.3 is 9.47 Å². The average Bonchev–Trinajstić information content (AvgIpc) is 3.31. The van der Waals surface area contributed by atoms with Crippen LogP contribution in [0, 0.1) is 17.0 Å². The van der Waals surface area contributed by atoms with Crippen molar-refractivity contribution in [1.29, 1.82) is 0 Å². The summed E-state index contributed by atoms with van der Waals surface area (Å²) in [7, 11) is 3.18. The molecule has 0 radical (unpaired) electrons. The molecule has 4 rings (SSSR count). The lowest BCUT2D eigenvalue weighted by Gasteiger charge is -2.13. The van der Waals surface area contributed by atoms with Crippen molar-refractivity contribution >= 4 is 23.2 Å². The zero-order valence-electron chi connectivity index (χ0n) is 19.3. The molecule has 1 heterocycles. The Bertz CT molecular complexity index is 1390. The minimum Gasteiger partial charge on any atom is -0.497 e. The van der Waals surface area contributed by atoms with Gasteiger partial charge in [-0.05, 0) is 43.3 Å². The molecule has 0 aliphatic rings. The molecule has 10 heteroatoms. The first-order chi connectivity index (χ1) is 16.9. The maximum Gasteiger partial charge on any atom is 0.273 e. The van der Waals surface area contributed by atoms with Gasteiger partial charge in [0.2, 0.25) is 0 Å². The largest absolute Gasteiger partial charge is 0.497 e. The molecule has 0 aliphatic heterocycles. The quantitative estimate of drug-likeness (QED) is 0.137. The number of aromatic nitrogens is 3. The number of rotatable bonds is 9. The Kier molecular flexibility index (Phi) is 7.11. The van der Waals surface area contributed by atoms with Crippen LogP contribution in [0.25, 0.3) is 17.1 Å². The fraction of sp³-hybridized carbons (Fsp3) is 0.160. The Hall–Kier alpha value is -4.18. The van der Waals surface area contributed by atoms with Crippen molar-refractivity contribution in [2.75, 3.05) is 20.0 Å². The number of methoxy groups -OCH3 is 2. The van der Waals surface area contributed by atoms with Crippen molar-refractivity contribution in [3.05, 3.63) is 88.0 Å². The fourth-order valence-corrected chi connectivity index (χ4v) is 4.37. The third-order valence-corrected chi connectivity index (χ3v) is 6.30. The maximum atomic E-state index is 12.9. The summed E-state index contributed by atoms with van der Waals surface area (Å²) in [5, 5.41) is 20.5. The number of nitrogens with zero attached hydrogens (tertiary/aromatic N) is 4. The van der Waals surface area contributed by atoms with E-state index in [0.29, 0.717) is 28.0 Å². The lowest BCUT2D eigenvalue weighted by molar-refractivity contribution is -0.385. The van der Waals surface area contributed by atoms with E-state index >= 15 is 0 Å². The Morgan fingerprint density at radius 3 is 2.46 bits per heavy atom. The first kappa shape index (κ1) is 24.0. The van der Waals surface area contributed by atoms with E-state index in [0.717, 1.165) is 11.3 Å². The van der Waals surface area contributed by atoms with Crippen LogP contribution in [0.2, 0.25) is 0 Å². The van der Waals surface area contributed by atoms with E-state index in [2.05, 4.69) is 10.2 Å². The summed E-state index contributed by atoms with van der Waals surface area (Å²) in [6.07, 6.45) is 0. The van der Waals surface area contributed by atoms with Crippen LogP contribution in [-0.2, 0) is 0 Å². The molecule has 178 valence electrons. The molecule has 0 unspecified atom stereocenters. The highest BCUT2D eigenvalue weighted by molar-refractivity contribution is 7.99. The number of carbonyl (C=O) groups excluding carboxylic acids is 1. The summed E-state index contributed by atoms with van der Waals surface area (Å²) in [6, 6.07) is 19.3. The molecule has 4 aromatic rings. The average molecular weight is 491 g/mol. The van der Waals surface area contributed by atoms with Gasteiger partial charge >= 0.3 is 0 Å². The van der Waals surface area contributed by atoms with E-state index < -0.39 is 4.92 Å². The molecule has 3 aromatic carbocycles. The zero-order valence-corrected chi connectivity index (χ0v) is 20.1. The van der Waals surface area contributed by atoms with Gasteiger partial charge in [-0.25, -0.2) is 0 Å². The van der Waals surface area contributed by atoms with Gasteiger partial charge in [-0.3, -0.25) is 19.5 Å². The van der Waals surface area contributed by atoms with E-state index in [4.69, 9.17) is 9.47 Å². The Morgan fingerprint density at radius 2 is 1.77 bits per heavy atom. The zero-order chi connectivity index (χ0) is 24.9. The smallest absolute Gasteiger partial charge is 0.273 e. The third kappa shape index (κ3) is 5.02. The van der Waals surface area contributed by atoms with E-state index in [1.54, 1.807) is 33.3 Å². The number of hydrogen-bond acceptors (Lipinski definition) is 8. The Balaban J connectivity index is 1.70. The topological polar surface area (TPSA) is 109 Å². The van der Waals surface area contributed by atoms with Crippen LogP contribution >= 0.6 is 11.8 Å². The molecule has 9 nitrogen and oxygen atoms in total. The third-order valence-electron chi connectivity index (χ3n) is 5.37. The van der Waals surface area contributed by atoms with Crippen LogP contribution < -0.4 is 9.47 Å². The minimum atomic E-state index is -0.487. The summed E-state index contributed by atoms with van der Waals surface area (Å²) in [6.45, 7) is 1.64. The van der Waals surface area contributed by atoms with Crippen LogP contribution in [0.3, 0.4) is 0 Å². The monoisotopic (exact) mass is 490 g/mol. The molecule has 0 saturated heterocycles. The lowest BCUT2D eigenvalue weighted by atomic mass is 10.1. The highest BCUT2D eigenvalue weighted by Gasteiger charge is 2.21. The number of benzene rings is 3. The van der Waals surface area contributed by atoms with Crippen molar-refractivity contribution in [1.82, 2.24) is 14.8 Å². The van der Waals surface area contributed by atoms with Crippen LogP contribution in [-0.4, -0.2) is 45.4 Å². The standard InChI is InChI=1S/C25H22N4O5S/c1-16-8-9-17(14-21(16)29(31)32)22(30)15-35-25-27-26-24(20-6-4-5-7-23(20)34-3)28(25)18-10-12-19(33-2)13-11-18/h4-14H,15H2,1-3H3. The predicted octanol–water partition coefficient (Wildman–Crippen LogP) is 5.14. The molecule has 0 saturated carbocycles. The number of nitro groups is 1. The minimum absolute atomic E-state index is 0.0282. The van der Waals surface area contributed by atoms with Crippen molar-refractivity contribution < 1.29 is 19.2 Å². The van der Waals surface area contributed by atoms with Crippen LogP contribution in [0.4, 0.5) is 5.69 Å². The Labute approximate surface area is 205 Å². The number of aryl methyl sites for hydroxylation is 1. The Morgan fingerprint density at radius 1 is 1.03 bits per heavy atom. The molecule has 0 N–H and O–H groups in total. The number of carbonyl (C=O) groups is 1. The number of hydrogen-bond donors (Lipinski definition) is 0. The SMILES string of the molecule is COc1ccc(-n2c(SCC(=O)c3ccc(C)c([N+](=O)[O-])c3)nnc2-c2ccccc2OC)cc1. The summed E-state index contributed by atoms with van der Waals surface area (Å²) < 4.78 is 12.6. The highest BCUT2D eigenvalue weighted by atomic mass is 32.2. The normalized spacial score (nSPS) is 10.7. The molecule has 0 aliphatic carbocycles. The van der Waals surface area contributed by atoms with Gasteiger partial charge in [0.05, 0.1) is 36.1 Å². The molecule has 0 amide bonds. The first-order valence-corrected chi connectivity index (χ1v) is 11.6. The second-order valence-electron chi connectivity index (χ2n) is 7.51. The fourth-order valence-electron chi connectivity index (χ4n) is 3.52. The first-order valence-electron chi connectivity index (χ1n) is 10.6. The molecule has 0 bridgehead atoms. The van der Waals surface area contributed by atoms with Gasteiger partial charge in [-0.2, -0.15) is 0 Å². The van der Waals surface area contributed by atoms with Crippen LogP contribution in [0.1, 0.15) is 15.9 Å². The molecule has 0 fully saturated rings. The number of thioether (sulfide) groups is 1. The van der Waals surface area contributed by atoms with E-state index in [-0.39, 0.29) is 22.8 Å². The summed E-state index contributed by atoms with van der Waals surface area (Å²) in [4.78, 5) is 23.6. The van der Waals surface area contributed by atoms with Crippen molar-refractivity contribution in [2.24, 2.45) is 0 Å². The van der Waals surface area contributed by atoms with E-state index in [1.165, 1.54) is 17.8 Å². The molecule has 0 atom stereocenters. The van der Waals surface area contributed by atoms with E-state index in [1.807, 2.05) is 53.1 Å². The number of ether oxygens (including phenoxy) is 2. The van der Waals surface area contributed by atoms with Crippen LogP contribution in [0.5, 0.6) is 11.5 Å². The number of Topliss-reactive ketones (excluding diaryl/α,β-unsaturated/α-hetero) is 1. The second-order valence-corrected chi connectivity index (χ2v) is 8.45. The van der Waals surface area contributed by atoms with Crippen molar-refractivity contribution in [3.8, 4) is 28.6 Å². The van der Waals surface area contributed by atoms with Gasteiger partial charge in [-0.15, -0.1) is 10.2 Å². The predicted molar refractivity (Wildman–Crippen MR) is 133 cm³/mol. The molecular formula is C25H22N4O5S. The van der Waals surface area contributed by atoms with Crippen molar-refractivity contribution in [3.63, 3.8) is 0 Å². The molecule has 35 heavy (non-hydrogen) atoms. The van der Waals surface area contributed by atoms with Gasteiger partial charge in [-0.1, -0.05) is 36.0 Å². The van der Waals surface area contributed by atoms with Gasteiger partial charge in [0.25, 0.3) is 5.69 Å². The van der Waals surface area contributed by atoms with Gasteiger partial charge in [0, 0.05) is 17.2 Å². The number of ketones is 1. The molecule has 1 aromatic heterocycles. The number of nitro benzene ring substituents is 1. The summed E-state index contributed by atoms with van der Waals surface area (Å²) in [5.74, 6) is 1.66. The lowest BCUT2D eigenvalue weighted by Crippen LogP contribution is -2.06. The van der Waals surface area contributed by atoms with Crippen LogP contribution in [0.15, 0.2) is 71.9 Å². The maximum absolute atomic E-state index is 12.9. The number of para-hydroxylation sites is 1. The van der Waals surface area contributed by atoms with Gasteiger partial charge in [0.15, 0.2) is 16.8 Å². The summed E-state index contributed by atoms with van der Waals surface area (Å²) >= 11 is 1.20. The van der Waals surface area contributed by atoms with E-state index in [9.17, 15) is 14.9 Å². The molecule has 0 spiro atoms. The summed E-state index contributed by atoms with van der Waals surface area (Å²) in [5.41, 5.74) is 2.21. The highest BCUT2D eigenvalue weighted by Crippen LogP contribution is 2.34.